The molecule has 0 bridgehead atoms. The van der Waals surface area contributed by atoms with Gasteiger partial charge in [0.15, 0.2) is 0 Å². The number of terminal acetylenes is 1. The Bertz CT molecular complexity index is 813. The molecule has 0 saturated heterocycles. The van der Waals surface area contributed by atoms with Crippen LogP contribution in [0.1, 0.15) is 60.1 Å². The lowest BCUT2D eigenvalue weighted by atomic mass is 10.0. The van der Waals surface area contributed by atoms with Gasteiger partial charge >= 0.3 is 6.09 Å². The van der Waals surface area contributed by atoms with Crippen molar-refractivity contribution in [3.05, 3.63) is 29.8 Å². The highest BCUT2D eigenvalue weighted by Crippen LogP contribution is 2.24. The fourth-order valence-electron chi connectivity index (χ4n) is 2.53. The second-order valence-electron chi connectivity index (χ2n) is 8.94. The summed E-state index contributed by atoms with van der Waals surface area (Å²) < 4.78 is 5.16. The molecular weight excluding hydrogens is 386 g/mol. The number of phenols is 1. The summed E-state index contributed by atoms with van der Waals surface area (Å²) in [5.41, 5.74) is -0.902. The van der Waals surface area contributed by atoms with Crippen molar-refractivity contribution in [1.29, 1.82) is 0 Å². The van der Waals surface area contributed by atoms with Crippen LogP contribution < -0.4 is 10.6 Å². The van der Waals surface area contributed by atoms with E-state index in [0.717, 1.165) is 4.90 Å². The molecule has 0 aliphatic heterocycles. The molecule has 0 spiro atoms. The van der Waals surface area contributed by atoms with E-state index in [2.05, 4.69) is 16.7 Å². The number of ether oxygens (including phenoxy) is 1. The van der Waals surface area contributed by atoms with Crippen LogP contribution >= 0.6 is 0 Å². The van der Waals surface area contributed by atoms with Crippen LogP contribution in [0.3, 0.4) is 0 Å². The third kappa shape index (κ3) is 7.66. The first-order valence-corrected chi connectivity index (χ1v) is 9.54. The van der Waals surface area contributed by atoms with Gasteiger partial charge in [-0.15, -0.1) is 0 Å². The van der Waals surface area contributed by atoms with Crippen LogP contribution in [0, 0.1) is 12.5 Å². The largest absolute Gasteiger partial charge is 0.508 e. The molecule has 0 radical (unpaired) electrons. The van der Waals surface area contributed by atoms with Crippen molar-refractivity contribution in [3.8, 4) is 18.2 Å². The number of phenolic OH excluding ortho intramolecular Hbond substituents is 1. The fraction of sp³-hybridized carbons (Fsp3) is 0.500. The van der Waals surface area contributed by atoms with Crippen LogP contribution in [-0.4, -0.2) is 45.1 Å². The van der Waals surface area contributed by atoms with E-state index in [-0.39, 0.29) is 5.75 Å². The summed E-state index contributed by atoms with van der Waals surface area (Å²) in [7, 11) is 0. The van der Waals surface area contributed by atoms with Crippen LogP contribution in [0.15, 0.2) is 24.3 Å². The molecule has 0 heterocycles. The molecule has 1 aromatic rings. The quantitative estimate of drug-likeness (QED) is 0.504. The lowest BCUT2D eigenvalue weighted by Crippen LogP contribution is -2.52. The van der Waals surface area contributed by atoms with Gasteiger partial charge in [0.1, 0.15) is 23.4 Å². The number of nitrogens with one attached hydrogen (secondary N) is 2. The van der Waals surface area contributed by atoms with Crippen molar-refractivity contribution in [3.63, 3.8) is 0 Å². The Morgan fingerprint density at radius 3 is 2.07 bits per heavy atom. The highest BCUT2D eigenvalue weighted by molar-refractivity contribution is 5.93. The first-order chi connectivity index (χ1) is 13.6. The molecule has 8 heteroatoms. The maximum atomic E-state index is 13.0. The summed E-state index contributed by atoms with van der Waals surface area (Å²) >= 11 is 0. The molecule has 1 rings (SSSR count). The highest BCUT2D eigenvalue weighted by atomic mass is 16.6. The van der Waals surface area contributed by atoms with Crippen molar-refractivity contribution < 1.29 is 24.2 Å². The predicted molar refractivity (Wildman–Crippen MR) is 113 cm³/mol. The van der Waals surface area contributed by atoms with Crippen molar-refractivity contribution >= 4 is 17.9 Å². The second-order valence-corrected chi connectivity index (χ2v) is 8.94. The zero-order valence-corrected chi connectivity index (χ0v) is 18.6. The highest BCUT2D eigenvalue weighted by Gasteiger charge is 2.35. The number of carbonyl (C=O) groups is 3. The maximum absolute atomic E-state index is 13.0. The van der Waals surface area contributed by atoms with E-state index in [1.54, 1.807) is 41.5 Å². The van der Waals surface area contributed by atoms with Gasteiger partial charge in [0.25, 0.3) is 5.91 Å². The number of alkyl carbamates (subject to hydrolysis) is 1. The molecule has 0 aliphatic rings. The van der Waals surface area contributed by atoms with Crippen molar-refractivity contribution in [1.82, 2.24) is 15.5 Å². The Hall–Kier alpha value is -3.21. The Balaban J connectivity index is 3.20. The topological polar surface area (TPSA) is 108 Å². The van der Waals surface area contributed by atoms with E-state index < -0.39 is 41.1 Å². The van der Waals surface area contributed by atoms with Gasteiger partial charge in [0.2, 0.25) is 5.91 Å². The van der Waals surface area contributed by atoms with Gasteiger partial charge in [0, 0.05) is 11.6 Å². The normalized spacial score (nSPS) is 13.4. The van der Waals surface area contributed by atoms with E-state index in [1.165, 1.54) is 31.2 Å². The number of rotatable bonds is 5. The monoisotopic (exact) mass is 417 g/mol. The minimum Gasteiger partial charge on any atom is -0.508 e. The minimum atomic E-state index is -1.16. The van der Waals surface area contributed by atoms with Crippen LogP contribution in [0.2, 0.25) is 0 Å². The first kappa shape index (κ1) is 24.8. The van der Waals surface area contributed by atoms with E-state index >= 15 is 0 Å². The Labute approximate surface area is 178 Å². The van der Waals surface area contributed by atoms with E-state index in [1.807, 2.05) is 0 Å². The number of amides is 3. The molecule has 0 aromatic heterocycles. The van der Waals surface area contributed by atoms with Gasteiger partial charge in [-0.05, 0) is 66.2 Å². The van der Waals surface area contributed by atoms with E-state index in [0.29, 0.717) is 5.56 Å². The third-order valence-corrected chi connectivity index (χ3v) is 3.69. The lowest BCUT2D eigenvalue weighted by molar-refractivity contribution is -0.138. The molecule has 8 nitrogen and oxygen atoms in total. The molecule has 1 aromatic carbocycles. The lowest BCUT2D eigenvalue weighted by Gasteiger charge is -2.31. The number of hydrogen-bond acceptors (Lipinski definition) is 5. The van der Waals surface area contributed by atoms with Gasteiger partial charge in [-0.25, -0.2) is 4.79 Å². The van der Waals surface area contributed by atoms with Gasteiger partial charge < -0.3 is 20.5 Å². The number of benzene rings is 1. The van der Waals surface area contributed by atoms with Gasteiger partial charge in [-0.3, -0.25) is 14.5 Å². The number of hydrogen-bond donors (Lipinski definition) is 3. The zero-order chi connectivity index (χ0) is 23.3. The molecule has 0 fully saturated rings. The maximum Gasteiger partial charge on any atom is 0.408 e. The number of nitrogens with zero attached hydrogens (tertiary/aromatic N) is 1. The number of carbonyl (C=O) groups excluding carboxylic acids is 3. The zero-order valence-electron chi connectivity index (χ0n) is 18.6. The van der Waals surface area contributed by atoms with Crippen molar-refractivity contribution in [2.75, 3.05) is 0 Å². The fourth-order valence-corrected chi connectivity index (χ4v) is 2.53. The van der Waals surface area contributed by atoms with Crippen LogP contribution in [0.4, 0.5) is 4.79 Å². The summed E-state index contributed by atoms with van der Waals surface area (Å²) in [5, 5.41) is 14.8. The summed E-state index contributed by atoms with van der Waals surface area (Å²) in [6.07, 6.45) is 4.82. The standard InChI is InChI=1S/C22H31N3O5/c1-9-25(19(28)14(2)23-20(29)30-22(6,7)8)17(18(27)24-21(3,4)5)15-10-12-16(26)13-11-15/h1,10-14,17,26H,2-8H3,(H,23,29)(H,24,27). The SMILES string of the molecule is C#CN(C(=O)C(C)NC(=O)OC(C)(C)C)C(C(=O)NC(C)(C)C)c1ccc(O)cc1. The summed E-state index contributed by atoms with van der Waals surface area (Å²) in [4.78, 5) is 39.0. The number of aromatic hydroxyl groups is 1. The summed E-state index contributed by atoms with van der Waals surface area (Å²) in [6, 6.07) is 5.85. The average molecular weight is 418 g/mol. The summed E-state index contributed by atoms with van der Waals surface area (Å²) in [6.45, 7) is 11.9. The van der Waals surface area contributed by atoms with Crippen LogP contribution in [0.5, 0.6) is 5.75 Å². The Morgan fingerprint density at radius 2 is 1.63 bits per heavy atom. The second kappa shape index (κ2) is 9.53. The van der Waals surface area contributed by atoms with Crippen LogP contribution in [0.25, 0.3) is 0 Å². The van der Waals surface area contributed by atoms with Gasteiger partial charge in [0.05, 0.1) is 0 Å². The molecule has 30 heavy (non-hydrogen) atoms. The molecular formula is C22H31N3O5. The van der Waals surface area contributed by atoms with Gasteiger partial charge in [-0.1, -0.05) is 18.6 Å². The molecule has 3 N–H and O–H groups in total. The third-order valence-electron chi connectivity index (χ3n) is 3.69. The van der Waals surface area contributed by atoms with Crippen LogP contribution in [-0.2, 0) is 14.3 Å². The van der Waals surface area contributed by atoms with Crippen molar-refractivity contribution in [2.45, 2.75) is 71.7 Å². The molecule has 0 saturated carbocycles. The van der Waals surface area contributed by atoms with Gasteiger partial charge in [-0.2, -0.15) is 0 Å². The molecule has 164 valence electrons. The smallest absolute Gasteiger partial charge is 0.408 e. The minimum absolute atomic E-state index is 0.00674. The average Bonchev–Trinajstić information content (AvgIpc) is 2.56. The first-order valence-electron chi connectivity index (χ1n) is 9.54. The van der Waals surface area contributed by atoms with E-state index in [4.69, 9.17) is 11.2 Å². The molecule has 0 aliphatic carbocycles. The molecule has 2 atom stereocenters. The Kier molecular flexibility index (Phi) is 7.88. The van der Waals surface area contributed by atoms with Crippen molar-refractivity contribution in [2.24, 2.45) is 0 Å². The predicted octanol–water partition coefficient (Wildman–Crippen LogP) is 2.68. The van der Waals surface area contributed by atoms with E-state index in [9.17, 15) is 19.5 Å². The molecule has 3 amide bonds. The summed E-state index contributed by atoms with van der Waals surface area (Å²) in [5.74, 6) is -1.15. The Morgan fingerprint density at radius 1 is 1.10 bits per heavy atom. The molecule has 2 unspecified atom stereocenters.